The zero-order valence-corrected chi connectivity index (χ0v) is 14.9. The Morgan fingerprint density at radius 1 is 1.39 bits per heavy atom. The van der Waals surface area contributed by atoms with E-state index in [-0.39, 0.29) is 29.8 Å². The lowest BCUT2D eigenvalue weighted by Gasteiger charge is -2.36. The summed E-state index contributed by atoms with van der Waals surface area (Å²) in [6.45, 7) is 7.36. The Balaban J connectivity index is 1.76. The van der Waals surface area contributed by atoms with Gasteiger partial charge in [0.25, 0.3) is 0 Å². The molecule has 126 valence electrons. The third kappa shape index (κ3) is 3.27. The molecule has 3 rings (SSSR count). The molecule has 0 radical (unpaired) electrons. The van der Waals surface area contributed by atoms with Gasteiger partial charge in [-0.15, -0.1) is 11.3 Å². The number of rotatable bonds is 3. The molecular formula is C17H25N3O2S. The molecule has 1 aromatic rings. The van der Waals surface area contributed by atoms with Crippen molar-refractivity contribution in [2.45, 2.75) is 58.5 Å². The smallest absolute Gasteiger partial charge is 0.228 e. The molecule has 2 amide bonds. The van der Waals surface area contributed by atoms with E-state index in [0.29, 0.717) is 13.0 Å². The van der Waals surface area contributed by atoms with E-state index < -0.39 is 0 Å². The van der Waals surface area contributed by atoms with Crippen LogP contribution in [0.25, 0.3) is 0 Å². The zero-order chi connectivity index (χ0) is 16.6. The minimum absolute atomic E-state index is 0.0955. The van der Waals surface area contributed by atoms with Gasteiger partial charge in [0.15, 0.2) is 0 Å². The van der Waals surface area contributed by atoms with Crippen molar-refractivity contribution in [3.05, 3.63) is 16.1 Å². The van der Waals surface area contributed by atoms with E-state index in [1.807, 2.05) is 36.0 Å². The highest BCUT2D eigenvalue weighted by atomic mass is 32.1. The van der Waals surface area contributed by atoms with Gasteiger partial charge in [-0.2, -0.15) is 0 Å². The largest absolute Gasteiger partial charge is 0.339 e. The Hall–Kier alpha value is -1.43. The molecule has 23 heavy (non-hydrogen) atoms. The Morgan fingerprint density at radius 2 is 2.17 bits per heavy atom. The molecule has 3 heterocycles. The summed E-state index contributed by atoms with van der Waals surface area (Å²) in [5.41, 5.74) is 1.02. The summed E-state index contributed by atoms with van der Waals surface area (Å²) in [5.74, 6) is 0.0580. The summed E-state index contributed by atoms with van der Waals surface area (Å²) >= 11 is 1.64. The minimum atomic E-state index is -0.188. The van der Waals surface area contributed by atoms with Gasteiger partial charge in [-0.3, -0.25) is 9.59 Å². The first-order valence-corrected chi connectivity index (χ1v) is 9.37. The second kappa shape index (κ2) is 6.59. The molecule has 2 aliphatic heterocycles. The number of amides is 2. The van der Waals surface area contributed by atoms with Crippen molar-refractivity contribution < 1.29 is 9.59 Å². The molecule has 2 atom stereocenters. The van der Waals surface area contributed by atoms with Crippen molar-refractivity contribution in [1.29, 1.82) is 0 Å². The maximum absolute atomic E-state index is 13.0. The summed E-state index contributed by atoms with van der Waals surface area (Å²) in [7, 11) is 0. The first-order valence-electron chi connectivity index (χ1n) is 8.49. The number of aromatic nitrogens is 1. The van der Waals surface area contributed by atoms with Crippen molar-refractivity contribution in [3.63, 3.8) is 0 Å². The summed E-state index contributed by atoms with van der Waals surface area (Å²) in [5, 5.41) is 3.09. The third-order valence-corrected chi connectivity index (χ3v) is 5.90. The molecule has 2 saturated heterocycles. The van der Waals surface area contributed by atoms with Crippen LogP contribution in [0, 0.1) is 12.8 Å². The van der Waals surface area contributed by atoms with Crippen LogP contribution in [0.5, 0.6) is 0 Å². The van der Waals surface area contributed by atoms with E-state index in [4.69, 9.17) is 0 Å². The SMILES string of the molecule is Cc1csc([C@H]2CCCCN2C(=O)[C@H]2CC(=O)N(C(C)C)C2)n1. The van der Waals surface area contributed by atoms with E-state index in [1.165, 1.54) is 0 Å². The average molecular weight is 335 g/mol. The number of likely N-dealkylation sites (tertiary alicyclic amines) is 2. The summed E-state index contributed by atoms with van der Waals surface area (Å²) in [6, 6.07) is 0.261. The van der Waals surface area contributed by atoms with E-state index in [0.717, 1.165) is 36.5 Å². The van der Waals surface area contributed by atoms with Gasteiger partial charge in [-0.25, -0.2) is 4.98 Å². The van der Waals surface area contributed by atoms with E-state index >= 15 is 0 Å². The number of carbonyl (C=O) groups excluding carboxylic acids is 2. The van der Waals surface area contributed by atoms with Gasteiger partial charge in [0.05, 0.1) is 12.0 Å². The molecule has 0 aliphatic carbocycles. The Bertz CT molecular complexity index is 598. The normalized spacial score (nSPS) is 25.5. The fourth-order valence-electron chi connectivity index (χ4n) is 3.61. The van der Waals surface area contributed by atoms with E-state index in [1.54, 1.807) is 11.3 Å². The van der Waals surface area contributed by atoms with Crippen LogP contribution in [0.2, 0.25) is 0 Å². The summed E-state index contributed by atoms with van der Waals surface area (Å²) < 4.78 is 0. The molecule has 0 N–H and O–H groups in total. The Labute approximate surface area is 141 Å². The lowest BCUT2D eigenvalue weighted by atomic mass is 9.99. The van der Waals surface area contributed by atoms with Crippen LogP contribution in [0.3, 0.4) is 0 Å². The maximum Gasteiger partial charge on any atom is 0.228 e. The van der Waals surface area contributed by atoms with Crippen LogP contribution in [0.15, 0.2) is 5.38 Å². The van der Waals surface area contributed by atoms with Gasteiger partial charge in [-0.1, -0.05) is 0 Å². The average Bonchev–Trinajstić information content (AvgIpc) is 3.12. The quantitative estimate of drug-likeness (QED) is 0.853. The lowest BCUT2D eigenvalue weighted by molar-refractivity contribution is -0.139. The maximum atomic E-state index is 13.0. The predicted octanol–water partition coefficient (Wildman–Crippen LogP) is 2.76. The highest BCUT2D eigenvalue weighted by Gasteiger charge is 2.40. The van der Waals surface area contributed by atoms with Crippen molar-refractivity contribution in [1.82, 2.24) is 14.8 Å². The number of nitrogens with zero attached hydrogens (tertiary/aromatic N) is 3. The fourth-order valence-corrected chi connectivity index (χ4v) is 4.55. The second-order valence-electron chi connectivity index (χ2n) is 6.91. The summed E-state index contributed by atoms with van der Waals surface area (Å²) in [6.07, 6.45) is 3.51. The van der Waals surface area contributed by atoms with Crippen LogP contribution in [-0.2, 0) is 9.59 Å². The Kier molecular flexibility index (Phi) is 4.71. The second-order valence-corrected chi connectivity index (χ2v) is 7.80. The number of hydrogen-bond acceptors (Lipinski definition) is 4. The van der Waals surface area contributed by atoms with Gasteiger partial charge < -0.3 is 9.80 Å². The van der Waals surface area contributed by atoms with Crippen LogP contribution < -0.4 is 0 Å². The minimum Gasteiger partial charge on any atom is -0.339 e. The topological polar surface area (TPSA) is 53.5 Å². The fraction of sp³-hybridized carbons (Fsp3) is 0.706. The van der Waals surface area contributed by atoms with Crippen LogP contribution in [0.4, 0.5) is 0 Å². The highest BCUT2D eigenvalue weighted by molar-refractivity contribution is 7.09. The molecule has 2 fully saturated rings. The molecule has 1 aromatic heterocycles. The molecule has 0 saturated carbocycles. The first kappa shape index (κ1) is 16.4. The lowest BCUT2D eigenvalue weighted by Crippen LogP contribution is -2.43. The number of carbonyl (C=O) groups is 2. The molecular weight excluding hydrogens is 310 g/mol. The van der Waals surface area contributed by atoms with E-state index in [2.05, 4.69) is 4.98 Å². The molecule has 0 spiro atoms. The monoisotopic (exact) mass is 335 g/mol. The molecule has 0 bridgehead atoms. The van der Waals surface area contributed by atoms with Crippen molar-refractivity contribution in [2.75, 3.05) is 13.1 Å². The number of thiazole rings is 1. The van der Waals surface area contributed by atoms with Crippen LogP contribution in [0.1, 0.15) is 56.3 Å². The zero-order valence-electron chi connectivity index (χ0n) is 14.1. The molecule has 5 nitrogen and oxygen atoms in total. The van der Waals surface area contributed by atoms with Crippen molar-refractivity contribution in [2.24, 2.45) is 5.92 Å². The van der Waals surface area contributed by atoms with Crippen LogP contribution >= 0.6 is 11.3 Å². The summed E-state index contributed by atoms with van der Waals surface area (Å²) in [4.78, 5) is 33.6. The third-order valence-electron chi connectivity index (χ3n) is 4.84. The van der Waals surface area contributed by atoms with Gasteiger partial charge in [0, 0.05) is 36.6 Å². The van der Waals surface area contributed by atoms with E-state index in [9.17, 15) is 9.59 Å². The number of hydrogen-bond donors (Lipinski definition) is 0. The van der Waals surface area contributed by atoms with Crippen LogP contribution in [-0.4, -0.2) is 45.7 Å². The van der Waals surface area contributed by atoms with Gasteiger partial charge >= 0.3 is 0 Å². The molecule has 0 unspecified atom stereocenters. The highest BCUT2D eigenvalue weighted by Crippen LogP contribution is 2.35. The number of aryl methyl sites for hydroxylation is 1. The Morgan fingerprint density at radius 3 is 2.78 bits per heavy atom. The van der Waals surface area contributed by atoms with Crippen molar-refractivity contribution >= 4 is 23.2 Å². The van der Waals surface area contributed by atoms with Gasteiger partial charge in [0.1, 0.15) is 5.01 Å². The number of piperidine rings is 1. The van der Waals surface area contributed by atoms with Gasteiger partial charge in [-0.05, 0) is 40.0 Å². The standard InChI is InChI=1S/C17H25N3O2S/c1-11(2)20-9-13(8-15(20)21)17(22)19-7-5-4-6-14(19)16-18-12(3)10-23-16/h10-11,13-14H,4-9H2,1-3H3/t13-,14+/m0/s1. The van der Waals surface area contributed by atoms with Crippen molar-refractivity contribution in [3.8, 4) is 0 Å². The molecule has 6 heteroatoms. The van der Waals surface area contributed by atoms with Gasteiger partial charge in [0.2, 0.25) is 11.8 Å². The molecule has 0 aromatic carbocycles. The molecule has 2 aliphatic rings. The first-order chi connectivity index (χ1) is 11.0. The predicted molar refractivity (Wildman–Crippen MR) is 90.1 cm³/mol.